The normalized spacial score (nSPS) is 10.3. The van der Waals surface area contributed by atoms with Crippen molar-refractivity contribution < 1.29 is 31.3 Å². The Balaban J connectivity index is 0.00000364. The molecule has 2 aromatic heterocycles. The quantitative estimate of drug-likeness (QED) is 0.429. The minimum Gasteiger partial charge on any atom is -1.00 e. The Morgan fingerprint density at radius 1 is 1.19 bits per heavy atom. The van der Waals surface area contributed by atoms with Gasteiger partial charge >= 0.3 is 5.97 Å². The first-order chi connectivity index (χ1) is 12.6. The van der Waals surface area contributed by atoms with Gasteiger partial charge in [-0.15, -0.1) is 11.3 Å². The lowest BCUT2D eigenvalue weighted by Gasteiger charge is -2.01. The van der Waals surface area contributed by atoms with Crippen LogP contribution in [0.3, 0.4) is 0 Å². The highest BCUT2D eigenvalue weighted by molar-refractivity contribution is 7.14. The summed E-state index contributed by atoms with van der Waals surface area (Å²) in [4.78, 5) is 29.5. The maximum atomic E-state index is 12.4. The number of halogens is 1. The van der Waals surface area contributed by atoms with E-state index in [0.717, 1.165) is 25.7 Å². The number of rotatable bonds is 10. The number of carbonyl (C=O) groups is 2. The van der Waals surface area contributed by atoms with Gasteiger partial charge in [-0.05, 0) is 19.8 Å². The molecule has 0 aliphatic heterocycles. The number of amides is 1. The lowest BCUT2D eigenvalue weighted by molar-refractivity contribution is -0.686. The average molecular weight is 432 g/mol. The summed E-state index contributed by atoms with van der Waals surface area (Å²) in [5.41, 5.74) is 3.91. The van der Waals surface area contributed by atoms with E-state index in [1.54, 1.807) is 23.6 Å². The van der Waals surface area contributed by atoms with Crippen molar-refractivity contribution in [2.45, 2.75) is 59.4 Å². The van der Waals surface area contributed by atoms with Crippen molar-refractivity contribution in [2.75, 3.05) is 11.9 Å². The van der Waals surface area contributed by atoms with Crippen molar-refractivity contribution in [3.8, 4) is 0 Å². The molecule has 0 aromatic carbocycles. The van der Waals surface area contributed by atoms with Gasteiger partial charge in [0.15, 0.2) is 10.8 Å². The highest BCUT2D eigenvalue weighted by Crippen LogP contribution is 2.17. The SMILES string of the molecule is CCCc1sc[n+](CC(=O)Nc2nc(CC(=O)OCC)cs2)c1CCC.[Cl-]. The molecule has 0 atom stereocenters. The zero-order chi connectivity index (χ0) is 18.9. The third-order valence-corrected chi connectivity index (χ3v) is 5.59. The van der Waals surface area contributed by atoms with Crippen LogP contribution < -0.4 is 22.3 Å². The molecule has 9 heteroatoms. The molecule has 0 saturated heterocycles. The molecule has 0 aliphatic rings. The lowest BCUT2D eigenvalue weighted by atomic mass is 10.1. The van der Waals surface area contributed by atoms with Crippen LogP contribution in [0.5, 0.6) is 0 Å². The molecule has 0 radical (unpaired) electrons. The van der Waals surface area contributed by atoms with E-state index in [4.69, 9.17) is 4.74 Å². The first-order valence-electron chi connectivity index (χ1n) is 8.95. The molecule has 2 aromatic rings. The summed E-state index contributed by atoms with van der Waals surface area (Å²) >= 11 is 3.04. The fourth-order valence-electron chi connectivity index (χ4n) is 2.62. The Morgan fingerprint density at radius 3 is 2.59 bits per heavy atom. The topological polar surface area (TPSA) is 72.2 Å². The highest BCUT2D eigenvalue weighted by atomic mass is 35.5. The van der Waals surface area contributed by atoms with Gasteiger partial charge in [-0.25, -0.2) is 4.98 Å². The standard InChI is InChI=1S/C18H25N3O3S2.ClH/c1-4-7-14-15(8-5-2)26-12-21(14)10-16(22)20-18-19-13(11-25-18)9-17(23)24-6-3;/h11-12H,4-10H2,1-3H3;1H. The summed E-state index contributed by atoms with van der Waals surface area (Å²) in [7, 11) is 0. The molecule has 2 rings (SSSR count). The zero-order valence-electron chi connectivity index (χ0n) is 15.9. The predicted molar refractivity (Wildman–Crippen MR) is 104 cm³/mol. The molecule has 0 unspecified atom stereocenters. The lowest BCUT2D eigenvalue weighted by Crippen LogP contribution is -3.00. The molecule has 0 fully saturated rings. The maximum Gasteiger partial charge on any atom is 0.311 e. The summed E-state index contributed by atoms with van der Waals surface area (Å²) in [6, 6.07) is 0. The van der Waals surface area contributed by atoms with Gasteiger partial charge in [0.05, 0.1) is 23.6 Å². The van der Waals surface area contributed by atoms with E-state index in [1.807, 2.05) is 10.1 Å². The van der Waals surface area contributed by atoms with Crippen LogP contribution in [0.15, 0.2) is 10.9 Å². The number of carbonyl (C=O) groups excluding carboxylic acids is 2. The smallest absolute Gasteiger partial charge is 0.311 e. The van der Waals surface area contributed by atoms with E-state index in [9.17, 15) is 9.59 Å². The van der Waals surface area contributed by atoms with E-state index in [0.29, 0.717) is 17.4 Å². The second-order valence-corrected chi connectivity index (χ2v) is 7.69. The van der Waals surface area contributed by atoms with E-state index in [2.05, 4.69) is 24.1 Å². The first kappa shape index (κ1) is 23.5. The van der Waals surface area contributed by atoms with Crippen molar-refractivity contribution in [1.82, 2.24) is 4.98 Å². The van der Waals surface area contributed by atoms with Gasteiger partial charge < -0.3 is 17.1 Å². The largest absolute Gasteiger partial charge is 1.00 e. The van der Waals surface area contributed by atoms with Gasteiger partial charge in [-0.3, -0.25) is 14.9 Å². The fraction of sp³-hybridized carbons (Fsp3) is 0.556. The second kappa shape index (κ2) is 12.0. The molecular weight excluding hydrogens is 406 g/mol. The number of nitrogens with one attached hydrogen (secondary N) is 1. The number of ether oxygens (including phenoxy) is 1. The molecule has 1 amide bonds. The van der Waals surface area contributed by atoms with E-state index < -0.39 is 0 Å². The minimum absolute atomic E-state index is 0. The summed E-state index contributed by atoms with van der Waals surface area (Å²) < 4.78 is 6.95. The van der Waals surface area contributed by atoms with E-state index in [1.165, 1.54) is 21.9 Å². The predicted octanol–water partition coefficient (Wildman–Crippen LogP) is 0.145. The van der Waals surface area contributed by atoms with Crippen molar-refractivity contribution in [3.05, 3.63) is 27.2 Å². The van der Waals surface area contributed by atoms with Crippen LogP contribution in [0.1, 0.15) is 49.9 Å². The van der Waals surface area contributed by atoms with Gasteiger partial charge in [0.1, 0.15) is 0 Å². The van der Waals surface area contributed by atoms with E-state index in [-0.39, 0.29) is 37.2 Å². The molecule has 150 valence electrons. The van der Waals surface area contributed by atoms with Crippen molar-refractivity contribution in [2.24, 2.45) is 0 Å². The second-order valence-electron chi connectivity index (χ2n) is 5.90. The Kier molecular flexibility index (Phi) is 10.5. The fourth-order valence-corrected chi connectivity index (χ4v) is 4.48. The Morgan fingerprint density at radius 2 is 1.93 bits per heavy atom. The molecule has 1 N–H and O–H groups in total. The van der Waals surface area contributed by atoms with Crippen LogP contribution >= 0.6 is 22.7 Å². The number of hydrogen-bond donors (Lipinski definition) is 1. The van der Waals surface area contributed by atoms with Crippen LogP contribution in [-0.4, -0.2) is 23.5 Å². The molecule has 6 nitrogen and oxygen atoms in total. The van der Waals surface area contributed by atoms with Crippen LogP contribution in [0, 0.1) is 0 Å². The van der Waals surface area contributed by atoms with Crippen molar-refractivity contribution in [3.63, 3.8) is 0 Å². The monoisotopic (exact) mass is 431 g/mol. The summed E-state index contributed by atoms with van der Waals surface area (Å²) in [6.07, 6.45) is 4.32. The number of aromatic nitrogens is 2. The summed E-state index contributed by atoms with van der Waals surface area (Å²) in [5.74, 6) is -0.414. The van der Waals surface area contributed by atoms with Gasteiger partial charge in [0, 0.05) is 11.8 Å². The third kappa shape index (κ3) is 7.20. The Hall–Kier alpha value is -1.51. The van der Waals surface area contributed by atoms with Gasteiger partial charge in [-0.1, -0.05) is 31.6 Å². The maximum absolute atomic E-state index is 12.4. The molecule has 0 saturated carbocycles. The highest BCUT2D eigenvalue weighted by Gasteiger charge is 2.21. The number of aryl methyl sites for hydroxylation is 1. The van der Waals surface area contributed by atoms with Crippen LogP contribution in [0.4, 0.5) is 5.13 Å². The first-order valence-corrected chi connectivity index (χ1v) is 10.7. The van der Waals surface area contributed by atoms with Crippen molar-refractivity contribution >= 4 is 39.7 Å². The summed E-state index contributed by atoms with van der Waals surface area (Å²) in [5, 5.41) is 5.11. The number of anilines is 1. The third-order valence-electron chi connectivity index (χ3n) is 3.70. The van der Waals surface area contributed by atoms with Gasteiger partial charge in [0.25, 0.3) is 5.91 Å². The Labute approximate surface area is 174 Å². The number of esters is 1. The van der Waals surface area contributed by atoms with Crippen LogP contribution in [0.2, 0.25) is 0 Å². The van der Waals surface area contributed by atoms with Gasteiger partial charge in [-0.2, -0.15) is 4.57 Å². The number of nitrogens with zero attached hydrogens (tertiary/aromatic N) is 2. The molecule has 27 heavy (non-hydrogen) atoms. The molecule has 2 heterocycles. The molecular formula is C18H26ClN3O3S2. The molecule has 0 aliphatic carbocycles. The van der Waals surface area contributed by atoms with Crippen LogP contribution in [0.25, 0.3) is 0 Å². The average Bonchev–Trinajstić information content (AvgIpc) is 3.17. The zero-order valence-corrected chi connectivity index (χ0v) is 18.3. The molecule has 0 bridgehead atoms. The molecule has 0 spiro atoms. The summed E-state index contributed by atoms with van der Waals surface area (Å²) in [6.45, 7) is 6.72. The Bertz CT molecular complexity index is 746. The van der Waals surface area contributed by atoms with E-state index >= 15 is 0 Å². The van der Waals surface area contributed by atoms with Gasteiger partial charge in [0.2, 0.25) is 12.1 Å². The number of thiazole rings is 2. The number of hydrogen-bond acceptors (Lipinski definition) is 6. The minimum atomic E-state index is -0.308. The van der Waals surface area contributed by atoms with Crippen LogP contribution in [-0.2, 0) is 40.1 Å². The van der Waals surface area contributed by atoms with Crippen molar-refractivity contribution in [1.29, 1.82) is 0 Å².